The summed E-state index contributed by atoms with van der Waals surface area (Å²) >= 11 is 0. The maximum absolute atomic E-state index is 13.3. The number of aryl methyl sites for hydroxylation is 1. The van der Waals surface area contributed by atoms with E-state index < -0.39 is 28.6 Å². The maximum atomic E-state index is 13.3. The van der Waals surface area contributed by atoms with E-state index in [2.05, 4.69) is 20.8 Å². The first-order chi connectivity index (χ1) is 17.9. The van der Waals surface area contributed by atoms with Crippen LogP contribution in [0, 0.1) is 24.7 Å². The Hall–Kier alpha value is -3.07. The van der Waals surface area contributed by atoms with E-state index in [1.165, 1.54) is 19.2 Å². The number of hydrogen-bond acceptors (Lipinski definition) is 7. The first kappa shape index (κ1) is 29.5. The van der Waals surface area contributed by atoms with Gasteiger partial charge >= 0.3 is 11.9 Å². The molecule has 0 radical (unpaired) electrons. The fourth-order valence-corrected chi connectivity index (χ4v) is 6.07. The van der Waals surface area contributed by atoms with Gasteiger partial charge in [0.1, 0.15) is 11.9 Å². The van der Waals surface area contributed by atoms with Gasteiger partial charge < -0.3 is 14.2 Å². The molecule has 0 bridgehead atoms. The Bertz CT molecular complexity index is 1220. The highest BCUT2D eigenvalue weighted by Crippen LogP contribution is 2.35. The van der Waals surface area contributed by atoms with Gasteiger partial charge in [-0.15, -0.1) is 0 Å². The molecule has 3 rings (SSSR count). The van der Waals surface area contributed by atoms with Crippen molar-refractivity contribution in [2.24, 2.45) is 17.8 Å². The third-order valence-corrected chi connectivity index (χ3v) is 8.95. The van der Waals surface area contributed by atoms with E-state index in [0.717, 1.165) is 23.6 Å². The fourth-order valence-electron chi connectivity index (χ4n) is 4.85. The van der Waals surface area contributed by atoms with Gasteiger partial charge in [0, 0.05) is 7.05 Å². The molecule has 9 heteroatoms. The van der Waals surface area contributed by atoms with Gasteiger partial charge in [-0.25, -0.2) is 18.0 Å². The number of nitrogens with zero attached hydrogens (tertiary/aromatic N) is 1. The number of ether oxygens (including phenoxy) is 3. The van der Waals surface area contributed by atoms with Gasteiger partial charge in [-0.1, -0.05) is 33.3 Å². The van der Waals surface area contributed by atoms with Crippen LogP contribution in [0.3, 0.4) is 0 Å². The molecule has 1 saturated carbocycles. The minimum absolute atomic E-state index is 0.0648. The quantitative estimate of drug-likeness (QED) is 0.370. The Labute approximate surface area is 226 Å². The molecule has 0 N–H and O–H groups in total. The van der Waals surface area contributed by atoms with Crippen LogP contribution in [0.5, 0.6) is 5.75 Å². The molecule has 1 fully saturated rings. The lowest BCUT2D eigenvalue weighted by molar-refractivity contribution is -0.159. The summed E-state index contributed by atoms with van der Waals surface area (Å²) in [6, 6.07) is 10.9. The molecular weight excluding hydrogens is 506 g/mol. The topological polar surface area (TPSA) is 99.2 Å². The first-order valence-electron chi connectivity index (χ1n) is 13.1. The third kappa shape index (κ3) is 7.07. The van der Waals surface area contributed by atoms with Crippen molar-refractivity contribution in [1.29, 1.82) is 0 Å². The number of sulfonamides is 1. The molecule has 0 spiro atoms. The van der Waals surface area contributed by atoms with Crippen LogP contribution >= 0.6 is 0 Å². The van der Waals surface area contributed by atoms with E-state index >= 15 is 0 Å². The largest absolute Gasteiger partial charge is 0.494 e. The number of carbonyl (C=O) groups is 2. The van der Waals surface area contributed by atoms with Gasteiger partial charge in [0.15, 0.2) is 6.61 Å². The van der Waals surface area contributed by atoms with Crippen molar-refractivity contribution in [3.63, 3.8) is 0 Å². The van der Waals surface area contributed by atoms with Gasteiger partial charge in [0.2, 0.25) is 0 Å². The Kier molecular flexibility index (Phi) is 9.82. The second-order valence-electron chi connectivity index (χ2n) is 10.3. The second-order valence-corrected chi connectivity index (χ2v) is 12.3. The third-order valence-electron chi connectivity index (χ3n) is 7.16. The summed E-state index contributed by atoms with van der Waals surface area (Å²) in [5.74, 6) is 0.396. The Balaban J connectivity index is 1.69. The van der Waals surface area contributed by atoms with E-state index in [4.69, 9.17) is 14.2 Å². The zero-order valence-electron chi connectivity index (χ0n) is 23.1. The van der Waals surface area contributed by atoms with Crippen molar-refractivity contribution in [3.05, 3.63) is 53.6 Å². The van der Waals surface area contributed by atoms with Crippen molar-refractivity contribution < 1.29 is 32.2 Å². The molecule has 0 heterocycles. The van der Waals surface area contributed by atoms with E-state index in [0.29, 0.717) is 35.4 Å². The van der Waals surface area contributed by atoms with Crippen LogP contribution in [0.2, 0.25) is 0 Å². The molecular formula is C29H39NO7S. The van der Waals surface area contributed by atoms with E-state index in [-0.39, 0.29) is 22.5 Å². The average molecular weight is 546 g/mol. The lowest BCUT2D eigenvalue weighted by atomic mass is 9.75. The second kappa shape index (κ2) is 12.7. The maximum Gasteiger partial charge on any atom is 0.344 e. The Morgan fingerprint density at radius 3 is 2.39 bits per heavy atom. The molecule has 0 saturated heterocycles. The molecule has 38 heavy (non-hydrogen) atoms. The molecule has 1 aliphatic rings. The number of hydrogen-bond donors (Lipinski definition) is 0. The fraction of sp³-hybridized carbons (Fsp3) is 0.517. The highest BCUT2D eigenvalue weighted by molar-refractivity contribution is 7.92. The summed E-state index contributed by atoms with van der Waals surface area (Å²) < 4.78 is 44.1. The summed E-state index contributed by atoms with van der Waals surface area (Å²) in [5, 5.41) is 0. The first-order valence-corrected chi connectivity index (χ1v) is 14.6. The number of carbonyl (C=O) groups excluding carboxylic acids is 2. The molecule has 3 unspecified atom stereocenters. The summed E-state index contributed by atoms with van der Waals surface area (Å²) in [6.07, 6.45) is 2.71. The van der Waals surface area contributed by atoms with Crippen LogP contribution in [0.1, 0.15) is 62.9 Å². The summed E-state index contributed by atoms with van der Waals surface area (Å²) in [6.45, 7) is 9.92. The lowest BCUT2D eigenvalue weighted by Crippen LogP contribution is -2.36. The summed E-state index contributed by atoms with van der Waals surface area (Å²) in [7, 11) is -2.53. The van der Waals surface area contributed by atoms with Crippen LogP contribution in [0.25, 0.3) is 0 Å². The van der Waals surface area contributed by atoms with Crippen molar-refractivity contribution in [2.75, 3.05) is 24.6 Å². The molecule has 0 amide bonds. The number of esters is 2. The Morgan fingerprint density at radius 1 is 1.08 bits per heavy atom. The van der Waals surface area contributed by atoms with Crippen LogP contribution in [0.15, 0.2) is 47.4 Å². The molecule has 0 aromatic heterocycles. The van der Waals surface area contributed by atoms with Gasteiger partial charge in [-0.2, -0.15) is 0 Å². The van der Waals surface area contributed by atoms with Gasteiger partial charge in [-0.05, 0) is 86.4 Å². The zero-order chi connectivity index (χ0) is 28.0. The van der Waals surface area contributed by atoms with E-state index in [1.54, 1.807) is 37.3 Å². The smallest absolute Gasteiger partial charge is 0.344 e. The van der Waals surface area contributed by atoms with Gasteiger partial charge in [0.25, 0.3) is 10.0 Å². The van der Waals surface area contributed by atoms with Crippen molar-refractivity contribution in [2.45, 2.75) is 64.9 Å². The van der Waals surface area contributed by atoms with Gasteiger partial charge in [0.05, 0.1) is 22.8 Å². The Morgan fingerprint density at radius 2 is 1.76 bits per heavy atom. The van der Waals surface area contributed by atoms with Crippen LogP contribution < -0.4 is 9.04 Å². The molecule has 3 atom stereocenters. The summed E-state index contributed by atoms with van der Waals surface area (Å²) in [4.78, 5) is 25.3. The van der Waals surface area contributed by atoms with Crippen LogP contribution in [0.4, 0.5) is 5.69 Å². The van der Waals surface area contributed by atoms with Crippen LogP contribution in [-0.4, -0.2) is 46.7 Å². The van der Waals surface area contributed by atoms with Gasteiger partial charge in [-0.3, -0.25) is 4.31 Å². The summed E-state index contributed by atoms with van der Waals surface area (Å²) in [5.41, 5.74) is 1.05. The molecule has 8 nitrogen and oxygen atoms in total. The number of benzene rings is 2. The molecule has 2 aromatic carbocycles. The number of rotatable bonds is 10. The monoisotopic (exact) mass is 545 g/mol. The normalized spacial score (nSPS) is 19.6. The zero-order valence-corrected chi connectivity index (χ0v) is 23.9. The molecule has 208 valence electrons. The lowest BCUT2D eigenvalue weighted by Gasteiger charge is -2.36. The minimum atomic E-state index is -3.97. The van der Waals surface area contributed by atoms with E-state index in [9.17, 15) is 18.0 Å². The molecule has 0 aliphatic heterocycles. The predicted molar refractivity (Wildman–Crippen MR) is 146 cm³/mol. The predicted octanol–water partition coefficient (Wildman–Crippen LogP) is 5.38. The molecule has 1 aliphatic carbocycles. The highest BCUT2D eigenvalue weighted by Gasteiger charge is 2.33. The minimum Gasteiger partial charge on any atom is -0.494 e. The molecule has 2 aromatic rings. The standard InChI is InChI=1S/C29H39NO7S/c1-7-35-23-12-10-22(11-13-23)30(6)38(33,34)24-14-9-21(5)26(17-24)29(32)36-18-28(31)37-27-16-20(4)8-15-25(27)19(2)3/h9-14,17,19-20,25,27H,7-8,15-16,18H2,1-6H3. The van der Waals surface area contributed by atoms with Crippen molar-refractivity contribution >= 4 is 27.6 Å². The highest BCUT2D eigenvalue weighted by atomic mass is 32.2. The average Bonchev–Trinajstić information content (AvgIpc) is 2.87. The number of anilines is 1. The SMILES string of the molecule is CCOc1ccc(N(C)S(=O)(=O)c2ccc(C)c(C(=O)OCC(=O)OC3CC(C)CCC3C(C)C)c2)cc1. The van der Waals surface area contributed by atoms with Crippen molar-refractivity contribution in [1.82, 2.24) is 0 Å². The van der Waals surface area contributed by atoms with Crippen LogP contribution in [-0.2, 0) is 24.3 Å². The van der Waals surface area contributed by atoms with Crippen molar-refractivity contribution in [3.8, 4) is 5.75 Å². The van der Waals surface area contributed by atoms with E-state index in [1.807, 2.05) is 6.92 Å².